The molecule has 1 atom stereocenters. The molecule has 1 aromatic rings. The van der Waals surface area contributed by atoms with Crippen molar-refractivity contribution in [1.29, 1.82) is 0 Å². The van der Waals surface area contributed by atoms with Gasteiger partial charge in [0.15, 0.2) is 0 Å². The van der Waals surface area contributed by atoms with E-state index in [1.54, 1.807) is 7.11 Å². The molecule has 0 bridgehead atoms. The molecule has 72 valence electrons. The van der Waals surface area contributed by atoms with Crippen LogP contribution in [0.15, 0.2) is 24.3 Å². The molecule has 1 unspecified atom stereocenters. The highest BCUT2D eigenvalue weighted by molar-refractivity contribution is 5.48. The normalized spacial score (nSPS) is 12.2. The summed E-state index contributed by atoms with van der Waals surface area (Å²) >= 11 is 0. The lowest BCUT2D eigenvalue weighted by Crippen LogP contribution is -2.25. The number of methoxy groups -OCH3 is 1. The van der Waals surface area contributed by atoms with Crippen LogP contribution >= 0.6 is 0 Å². The third-order valence-electron chi connectivity index (χ3n) is 1.84. The van der Waals surface area contributed by atoms with Crippen molar-refractivity contribution in [2.75, 3.05) is 19.0 Å². The number of nitrogens with two attached hydrogens (primary N) is 1. The number of ether oxygens (including phenoxy) is 1. The van der Waals surface area contributed by atoms with Gasteiger partial charge >= 0.3 is 0 Å². The molecule has 0 saturated heterocycles. The van der Waals surface area contributed by atoms with Gasteiger partial charge in [0.05, 0.1) is 7.11 Å². The van der Waals surface area contributed by atoms with Crippen LogP contribution in [0.1, 0.15) is 6.92 Å². The molecule has 0 aromatic heterocycles. The van der Waals surface area contributed by atoms with Gasteiger partial charge in [-0.25, -0.2) is 0 Å². The van der Waals surface area contributed by atoms with Gasteiger partial charge in [0, 0.05) is 24.3 Å². The van der Waals surface area contributed by atoms with Crippen LogP contribution in [0.3, 0.4) is 0 Å². The monoisotopic (exact) mass is 180 g/mol. The second kappa shape index (κ2) is 4.72. The summed E-state index contributed by atoms with van der Waals surface area (Å²) in [5, 5.41) is 3.26. The molecule has 0 aliphatic carbocycles. The summed E-state index contributed by atoms with van der Waals surface area (Å²) in [6.45, 7) is 2.66. The fourth-order valence-corrected chi connectivity index (χ4v) is 1.06. The predicted octanol–water partition coefficient (Wildman–Crippen LogP) is 1.45. The van der Waals surface area contributed by atoms with Crippen LogP contribution in [0.2, 0.25) is 0 Å². The molecule has 0 aliphatic rings. The molecule has 0 radical (unpaired) electrons. The van der Waals surface area contributed by atoms with E-state index in [2.05, 4.69) is 5.32 Å². The first-order valence-electron chi connectivity index (χ1n) is 4.37. The van der Waals surface area contributed by atoms with Gasteiger partial charge in [-0.15, -0.1) is 0 Å². The van der Waals surface area contributed by atoms with Crippen molar-refractivity contribution in [2.45, 2.75) is 13.0 Å². The maximum absolute atomic E-state index is 5.50. The Morgan fingerprint density at radius 3 is 2.92 bits per heavy atom. The van der Waals surface area contributed by atoms with Crippen LogP contribution in [0.4, 0.5) is 5.69 Å². The van der Waals surface area contributed by atoms with Crippen LogP contribution in [-0.2, 0) is 0 Å². The minimum Gasteiger partial charge on any atom is -0.497 e. The highest BCUT2D eigenvalue weighted by atomic mass is 16.5. The maximum Gasteiger partial charge on any atom is 0.120 e. The van der Waals surface area contributed by atoms with Gasteiger partial charge in [-0.3, -0.25) is 0 Å². The van der Waals surface area contributed by atoms with Crippen molar-refractivity contribution >= 4 is 5.69 Å². The van der Waals surface area contributed by atoms with Crippen molar-refractivity contribution in [3.05, 3.63) is 24.3 Å². The maximum atomic E-state index is 5.50. The molecule has 0 heterocycles. The number of benzene rings is 1. The fourth-order valence-electron chi connectivity index (χ4n) is 1.06. The smallest absolute Gasteiger partial charge is 0.120 e. The lowest BCUT2D eigenvalue weighted by molar-refractivity contribution is 0.415. The van der Waals surface area contributed by atoms with Crippen LogP contribution in [0, 0.1) is 0 Å². The Labute approximate surface area is 78.9 Å². The minimum atomic E-state index is 0.284. The molecule has 0 amide bonds. The zero-order valence-corrected chi connectivity index (χ0v) is 8.08. The van der Waals surface area contributed by atoms with Gasteiger partial charge in [-0.2, -0.15) is 0 Å². The highest BCUT2D eigenvalue weighted by Gasteiger charge is 1.99. The topological polar surface area (TPSA) is 47.3 Å². The zero-order chi connectivity index (χ0) is 9.68. The summed E-state index contributed by atoms with van der Waals surface area (Å²) in [4.78, 5) is 0. The van der Waals surface area contributed by atoms with E-state index < -0.39 is 0 Å². The molecule has 3 nitrogen and oxygen atoms in total. The van der Waals surface area contributed by atoms with E-state index in [-0.39, 0.29) is 6.04 Å². The highest BCUT2D eigenvalue weighted by Crippen LogP contribution is 2.16. The Balaban J connectivity index is 2.66. The van der Waals surface area contributed by atoms with E-state index in [1.807, 2.05) is 31.2 Å². The van der Waals surface area contributed by atoms with Crippen molar-refractivity contribution in [3.8, 4) is 5.75 Å². The number of hydrogen-bond donors (Lipinski definition) is 2. The predicted molar refractivity (Wildman–Crippen MR) is 55.1 cm³/mol. The number of anilines is 1. The van der Waals surface area contributed by atoms with Crippen molar-refractivity contribution in [2.24, 2.45) is 5.73 Å². The summed E-state index contributed by atoms with van der Waals surface area (Å²) in [5.74, 6) is 0.856. The third kappa shape index (κ3) is 2.95. The average molecular weight is 180 g/mol. The second-order valence-corrected chi connectivity index (χ2v) is 3.01. The van der Waals surface area contributed by atoms with Crippen LogP contribution in [0.5, 0.6) is 5.75 Å². The van der Waals surface area contributed by atoms with Gasteiger partial charge < -0.3 is 15.8 Å². The van der Waals surface area contributed by atoms with E-state index in [1.165, 1.54) is 0 Å². The summed E-state index contributed by atoms with van der Waals surface area (Å²) in [5.41, 5.74) is 6.54. The quantitative estimate of drug-likeness (QED) is 0.737. The lowest BCUT2D eigenvalue weighted by atomic mass is 10.2. The minimum absolute atomic E-state index is 0.284. The van der Waals surface area contributed by atoms with E-state index in [0.29, 0.717) is 6.54 Å². The molecular formula is C10H16N2O. The van der Waals surface area contributed by atoms with Crippen molar-refractivity contribution < 1.29 is 4.74 Å². The SMILES string of the molecule is COc1cccc(NC(C)CN)c1. The van der Waals surface area contributed by atoms with Gasteiger partial charge in [0.1, 0.15) is 5.75 Å². The number of nitrogens with one attached hydrogen (secondary N) is 1. The molecule has 0 saturated carbocycles. The van der Waals surface area contributed by atoms with Gasteiger partial charge in [0.2, 0.25) is 0 Å². The first-order chi connectivity index (χ1) is 6.26. The van der Waals surface area contributed by atoms with E-state index in [9.17, 15) is 0 Å². The third-order valence-corrected chi connectivity index (χ3v) is 1.84. The van der Waals surface area contributed by atoms with E-state index in [0.717, 1.165) is 11.4 Å². The van der Waals surface area contributed by atoms with Crippen molar-refractivity contribution in [3.63, 3.8) is 0 Å². The molecule has 1 rings (SSSR count). The Morgan fingerprint density at radius 2 is 2.31 bits per heavy atom. The number of rotatable bonds is 4. The Kier molecular flexibility index (Phi) is 3.58. The molecule has 0 fully saturated rings. The lowest BCUT2D eigenvalue weighted by Gasteiger charge is -2.13. The molecule has 3 N–H and O–H groups in total. The Morgan fingerprint density at radius 1 is 1.54 bits per heavy atom. The van der Waals surface area contributed by atoms with Crippen LogP contribution in [0.25, 0.3) is 0 Å². The fraction of sp³-hybridized carbons (Fsp3) is 0.400. The molecule has 13 heavy (non-hydrogen) atoms. The van der Waals surface area contributed by atoms with Gasteiger partial charge in [0.25, 0.3) is 0 Å². The Bertz CT molecular complexity index is 263. The average Bonchev–Trinajstić information content (AvgIpc) is 2.18. The number of hydrogen-bond acceptors (Lipinski definition) is 3. The van der Waals surface area contributed by atoms with Crippen LogP contribution < -0.4 is 15.8 Å². The van der Waals surface area contributed by atoms with E-state index in [4.69, 9.17) is 10.5 Å². The molecule has 1 aromatic carbocycles. The van der Waals surface area contributed by atoms with Crippen molar-refractivity contribution in [1.82, 2.24) is 0 Å². The second-order valence-electron chi connectivity index (χ2n) is 3.01. The first-order valence-corrected chi connectivity index (χ1v) is 4.37. The summed E-state index contributed by atoms with van der Waals surface area (Å²) in [6, 6.07) is 8.09. The summed E-state index contributed by atoms with van der Waals surface area (Å²) in [6.07, 6.45) is 0. The summed E-state index contributed by atoms with van der Waals surface area (Å²) in [7, 11) is 1.66. The van der Waals surface area contributed by atoms with Gasteiger partial charge in [-0.05, 0) is 19.1 Å². The zero-order valence-electron chi connectivity index (χ0n) is 8.08. The molecule has 3 heteroatoms. The van der Waals surface area contributed by atoms with E-state index >= 15 is 0 Å². The summed E-state index contributed by atoms with van der Waals surface area (Å²) < 4.78 is 5.10. The molecule has 0 aliphatic heterocycles. The first kappa shape index (κ1) is 9.86. The van der Waals surface area contributed by atoms with Crippen LogP contribution in [-0.4, -0.2) is 19.7 Å². The largest absolute Gasteiger partial charge is 0.497 e. The molecular weight excluding hydrogens is 164 g/mol. The Hall–Kier alpha value is -1.22. The standard InChI is InChI=1S/C10H16N2O/c1-8(7-11)12-9-4-3-5-10(6-9)13-2/h3-6,8,12H,7,11H2,1-2H3. The van der Waals surface area contributed by atoms with Gasteiger partial charge in [-0.1, -0.05) is 6.07 Å². The molecule has 0 spiro atoms.